The molecule has 0 radical (unpaired) electrons. The first-order chi connectivity index (χ1) is 7.61. The van der Waals surface area contributed by atoms with Crippen molar-refractivity contribution in [3.63, 3.8) is 0 Å². The number of hydrogen-bond donors (Lipinski definition) is 1. The minimum atomic E-state index is -0.0740. The molecule has 5 nitrogen and oxygen atoms in total. The molecular weight excluding hydrogens is 204 g/mol. The predicted octanol–water partition coefficient (Wildman–Crippen LogP) is 0.534. The highest BCUT2D eigenvalue weighted by molar-refractivity contribution is 5.30. The molecule has 1 rings (SSSR count). The van der Waals surface area contributed by atoms with Gasteiger partial charge in [-0.2, -0.15) is 0 Å². The van der Waals surface area contributed by atoms with Gasteiger partial charge in [0.2, 0.25) is 0 Å². The highest BCUT2D eigenvalue weighted by Crippen LogP contribution is 1.95. The maximum Gasteiger partial charge on any atom is 0.293 e. The van der Waals surface area contributed by atoms with Gasteiger partial charge in [-0.25, -0.2) is 4.98 Å². The Bertz CT molecular complexity index is 372. The maximum atomic E-state index is 11.6. The molecule has 0 spiro atoms. The number of unbranched alkanes of at least 4 members (excludes halogenated alkanes) is 1. The van der Waals surface area contributed by atoms with Gasteiger partial charge in [-0.05, 0) is 33.5 Å². The minimum Gasteiger partial charge on any atom is -0.365 e. The van der Waals surface area contributed by atoms with Crippen molar-refractivity contribution in [2.45, 2.75) is 12.8 Å². The van der Waals surface area contributed by atoms with Crippen LogP contribution in [0, 0.1) is 0 Å². The third kappa shape index (κ3) is 4.02. The molecule has 0 fully saturated rings. The van der Waals surface area contributed by atoms with Gasteiger partial charge in [0, 0.05) is 26.0 Å². The molecule has 1 N–H and O–H groups in total. The Morgan fingerprint density at radius 2 is 2.19 bits per heavy atom. The fourth-order valence-corrected chi connectivity index (χ4v) is 1.38. The molecule has 0 aliphatic heterocycles. The fourth-order valence-electron chi connectivity index (χ4n) is 1.38. The van der Waals surface area contributed by atoms with Gasteiger partial charge < -0.3 is 14.8 Å². The fraction of sp³-hybridized carbons (Fsp3) is 0.636. The molecule has 0 unspecified atom stereocenters. The van der Waals surface area contributed by atoms with Crippen LogP contribution in [0.1, 0.15) is 12.8 Å². The summed E-state index contributed by atoms with van der Waals surface area (Å²) in [5.41, 5.74) is -0.0740. The van der Waals surface area contributed by atoms with Gasteiger partial charge in [-0.15, -0.1) is 0 Å². The second-order valence-electron chi connectivity index (χ2n) is 4.13. The molecular formula is C11H20N4O. The van der Waals surface area contributed by atoms with E-state index in [9.17, 15) is 4.79 Å². The van der Waals surface area contributed by atoms with E-state index in [1.54, 1.807) is 19.4 Å². The van der Waals surface area contributed by atoms with E-state index in [0.717, 1.165) is 25.9 Å². The molecule has 0 amide bonds. The molecule has 0 saturated heterocycles. The summed E-state index contributed by atoms with van der Waals surface area (Å²) in [7, 11) is 5.84. The third-order valence-corrected chi connectivity index (χ3v) is 2.34. The average Bonchev–Trinajstić information content (AvgIpc) is 2.23. The van der Waals surface area contributed by atoms with Crippen LogP contribution in [-0.4, -0.2) is 41.6 Å². The van der Waals surface area contributed by atoms with Gasteiger partial charge in [0.25, 0.3) is 5.56 Å². The van der Waals surface area contributed by atoms with E-state index in [0.29, 0.717) is 5.82 Å². The summed E-state index contributed by atoms with van der Waals surface area (Å²) in [6, 6.07) is 0. The molecule has 16 heavy (non-hydrogen) atoms. The van der Waals surface area contributed by atoms with E-state index < -0.39 is 0 Å². The first kappa shape index (κ1) is 12.7. The summed E-state index contributed by atoms with van der Waals surface area (Å²) >= 11 is 0. The Labute approximate surface area is 96.1 Å². The minimum absolute atomic E-state index is 0.0740. The van der Waals surface area contributed by atoms with Crippen molar-refractivity contribution < 1.29 is 0 Å². The Morgan fingerprint density at radius 1 is 1.44 bits per heavy atom. The summed E-state index contributed by atoms with van der Waals surface area (Å²) in [5.74, 6) is 0.440. The monoisotopic (exact) mass is 224 g/mol. The van der Waals surface area contributed by atoms with Crippen molar-refractivity contribution in [3.05, 3.63) is 22.7 Å². The largest absolute Gasteiger partial charge is 0.365 e. The Kier molecular flexibility index (Phi) is 4.98. The average molecular weight is 224 g/mol. The molecule has 0 aliphatic rings. The number of aromatic nitrogens is 2. The number of aryl methyl sites for hydroxylation is 1. The molecule has 1 aromatic rings. The summed E-state index contributed by atoms with van der Waals surface area (Å²) in [6.07, 6.45) is 5.44. The van der Waals surface area contributed by atoms with Crippen LogP contribution < -0.4 is 10.9 Å². The van der Waals surface area contributed by atoms with E-state index in [1.807, 2.05) is 0 Å². The van der Waals surface area contributed by atoms with Crippen molar-refractivity contribution in [2.75, 3.05) is 32.5 Å². The Hall–Kier alpha value is -1.36. The molecule has 5 heteroatoms. The Balaban J connectivity index is 2.32. The van der Waals surface area contributed by atoms with E-state index >= 15 is 0 Å². The van der Waals surface area contributed by atoms with Gasteiger partial charge in [-0.3, -0.25) is 4.79 Å². The highest BCUT2D eigenvalue weighted by atomic mass is 16.1. The number of hydrogen-bond acceptors (Lipinski definition) is 4. The normalized spacial score (nSPS) is 10.8. The van der Waals surface area contributed by atoms with E-state index in [4.69, 9.17) is 0 Å². The van der Waals surface area contributed by atoms with Gasteiger partial charge in [-0.1, -0.05) is 0 Å². The number of nitrogens with zero attached hydrogens (tertiary/aromatic N) is 3. The lowest BCUT2D eigenvalue weighted by atomic mass is 10.3. The molecule has 0 saturated carbocycles. The van der Waals surface area contributed by atoms with Crippen LogP contribution in [-0.2, 0) is 7.05 Å². The summed E-state index contributed by atoms with van der Waals surface area (Å²) in [4.78, 5) is 17.7. The number of anilines is 1. The zero-order valence-electron chi connectivity index (χ0n) is 10.2. The van der Waals surface area contributed by atoms with E-state index in [1.165, 1.54) is 4.57 Å². The first-order valence-corrected chi connectivity index (χ1v) is 5.51. The van der Waals surface area contributed by atoms with Crippen LogP contribution in [0.2, 0.25) is 0 Å². The van der Waals surface area contributed by atoms with Crippen molar-refractivity contribution >= 4 is 5.82 Å². The van der Waals surface area contributed by atoms with Crippen molar-refractivity contribution in [1.82, 2.24) is 14.5 Å². The van der Waals surface area contributed by atoms with E-state index in [-0.39, 0.29) is 5.56 Å². The van der Waals surface area contributed by atoms with Crippen molar-refractivity contribution in [2.24, 2.45) is 7.05 Å². The SMILES string of the molecule is CN(C)CCCCNc1nccn(C)c1=O. The zero-order valence-corrected chi connectivity index (χ0v) is 10.2. The summed E-state index contributed by atoms with van der Waals surface area (Å²) < 4.78 is 1.52. The summed E-state index contributed by atoms with van der Waals surface area (Å²) in [6.45, 7) is 1.86. The van der Waals surface area contributed by atoms with Gasteiger partial charge in [0.15, 0.2) is 5.82 Å². The third-order valence-electron chi connectivity index (χ3n) is 2.34. The Morgan fingerprint density at radius 3 is 2.88 bits per heavy atom. The quantitative estimate of drug-likeness (QED) is 0.716. The first-order valence-electron chi connectivity index (χ1n) is 5.51. The molecule has 0 bridgehead atoms. The molecule has 1 heterocycles. The van der Waals surface area contributed by atoms with Crippen LogP contribution in [0.5, 0.6) is 0 Å². The standard InChI is InChI=1S/C11H20N4O/c1-14(2)8-5-4-6-12-10-11(16)15(3)9-7-13-10/h7,9H,4-6,8H2,1-3H3,(H,12,13). The molecule has 90 valence electrons. The second kappa shape index (κ2) is 6.27. The zero-order chi connectivity index (χ0) is 12.0. The maximum absolute atomic E-state index is 11.6. The van der Waals surface area contributed by atoms with Crippen molar-refractivity contribution in [1.29, 1.82) is 0 Å². The second-order valence-corrected chi connectivity index (χ2v) is 4.13. The highest BCUT2D eigenvalue weighted by Gasteiger charge is 2.00. The lowest BCUT2D eigenvalue weighted by Crippen LogP contribution is -2.22. The number of rotatable bonds is 6. The lowest BCUT2D eigenvalue weighted by molar-refractivity contribution is 0.396. The van der Waals surface area contributed by atoms with Gasteiger partial charge in [0.1, 0.15) is 0 Å². The topological polar surface area (TPSA) is 50.2 Å². The molecule has 0 aliphatic carbocycles. The summed E-state index contributed by atoms with van der Waals surface area (Å²) in [5, 5.41) is 3.06. The van der Waals surface area contributed by atoms with E-state index in [2.05, 4.69) is 29.3 Å². The van der Waals surface area contributed by atoms with Gasteiger partial charge in [0.05, 0.1) is 0 Å². The molecule has 0 atom stereocenters. The molecule has 1 aromatic heterocycles. The van der Waals surface area contributed by atoms with Crippen LogP contribution in [0.15, 0.2) is 17.2 Å². The van der Waals surface area contributed by atoms with Crippen LogP contribution in [0.25, 0.3) is 0 Å². The van der Waals surface area contributed by atoms with Gasteiger partial charge >= 0.3 is 0 Å². The molecule has 0 aromatic carbocycles. The lowest BCUT2D eigenvalue weighted by Gasteiger charge is -2.09. The van der Waals surface area contributed by atoms with Crippen LogP contribution in [0.3, 0.4) is 0 Å². The smallest absolute Gasteiger partial charge is 0.293 e. The van der Waals surface area contributed by atoms with Crippen LogP contribution >= 0.6 is 0 Å². The predicted molar refractivity (Wildman–Crippen MR) is 65.8 cm³/mol. The van der Waals surface area contributed by atoms with Crippen LogP contribution in [0.4, 0.5) is 5.82 Å². The van der Waals surface area contributed by atoms with Crippen molar-refractivity contribution in [3.8, 4) is 0 Å². The number of nitrogens with one attached hydrogen (secondary N) is 1.